The van der Waals surface area contributed by atoms with Crippen molar-refractivity contribution in [2.24, 2.45) is 0 Å². The lowest BCUT2D eigenvalue weighted by Gasteiger charge is -2.05. The van der Waals surface area contributed by atoms with E-state index < -0.39 is 0 Å². The van der Waals surface area contributed by atoms with Crippen LogP contribution in [-0.4, -0.2) is 50.8 Å². The topological polar surface area (TPSA) is 73.4 Å². The Hall–Kier alpha value is -0.650. The summed E-state index contributed by atoms with van der Waals surface area (Å²) >= 11 is 0. The quantitative estimate of drug-likeness (QED) is 0.351. The number of aliphatic hydroxyl groups excluding tert-OH is 1. The first-order valence-electron chi connectivity index (χ1n) is 5.04. The normalized spacial score (nSPS) is 10.1. The van der Waals surface area contributed by atoms with Gasteiger partial charge in [-0.2, -0.15) is 0 Å². The maximum atomic E-state index is 10.8. The molecule has 0 spiro atoms. The fraction of sp³-hybridized carbons (Fsp3) is 0.889. The lowest BCUT2D eigenvalue weighted by molar-refractivity contribution is -0.119. The minimum Gasteiger partial charge on any atom is -0.396 e. The van der Waals surface area contributed by atoms with Crippen LogP contribution in [0.15, 0.2) is 0 Å². The first-order chi connectivity index (χ1) is 6.81. The zero-order valence-electron chi connectivity index (χ0n) is 8.81. The van der Waals surface area contributed by atoms with Gasteiger partial charge in [-0.3, -0.25) is 4.79 Å². The molecule has 84 valence electrons. The summed E-state index contributed by atoms with van der Waals surface area (Å²) in [7, 11) is 1.62. The monoisotopic (exact) mass is 203 g/mol. The van der Waals surface area contributed by atoms with Crippen LogP contribution < -0.4 is 16.0 Å². The highest BCUT2D eigenvalue weighted by atomic mass is 16.2. The SMILES string of the molecule is CNC(=O)CNCCNCCCCO. The van der Waals surface area contributed by atoms with E-state index in [1.165, 1.54) is 0 Å². The molecule has 0 bridgehead atoms. The number of amides is 1. The molecule has 0 aromatic heterocycles. The zero-order valence-corrected chi connectivity index (χ0v) is 8.81. The van der Waals surface area contributed by atoms with Gasteiger partial charge in [-0.05, 0) is 19.4 Å². The summed E-state index contributed by atoms with van der Waals surface area (Å²) in [5.41, 5.74) is 0. The second-order valence-corrected chi connectivity index (χ2v) is 3.03. The van der Waals surface area contributed by atoms with Crippen molar-refractivity contribution in [1.82, 2.24) is 16.0 Å². The Bertz CT molecular complexity index is 142. The van der Waals surface area contributed by atoms with Crippen LogP contribution in [0.5, 0.6) is 0 Å². The summed E-state index contributed by atoms with van der Waals surface area (Å²) in [5, 5.41) is 17.3. The van der Waals surface area contributed by atoms with Gasteiger partial charge in [-0.15, -0.1) is 0 Å². The average molecular weight is 203 g/mol. The maximum Gasteiger partial charge on any atom is 0.233 e. The van der Waals surface area contributed by atoms with E-state index in [0.29, 0.717) is 6.54 Å². The van der Waals surface area contributed by atoms with E-state index in [-0.39, 0.29) is 12.5 Å². The van der Waals surface area contributed by atoms with Crippen molar-refractivity contribution in [2.75, 3.05) is 39.8 Å². The Kier molecular flexibility index (Phi) is 9.95. The van der Waals surface area contributed by atoms with Gasteiger partial charge in [0.15, 0.2) is 0 Å². The van der Waals surface area contributed by atoms with Crippen molar-refractivity contribution in [3.63, 3.8) is 0 Å². The van der Waals surface area contributed by atoms with Crippen molar-refractivity contribution in [3.8, 4) is 0 Å². The number of unbranched alkanes of at least 4 members (excludes halogenated alkanes) is 1. The molecule has 4 N–H and O–H groups in total. The summed E-state index contributed by atoms with van der Waals surface area (Å²) in [6.45, 7) is 3.18. The average Bonchev–Trinajstić information content (AvgIpc) is 2.21. The summed E-state index contributed by atoms with van der Waals surface area (Å²) in [6.07, 6.45) is 1.84. The number of carbonyl (C=O) groups excluding carboxylic acids is 1. The molecule has 14 heavy (non-hydrogen) atoms. The number of rotatable bonds is 9. The molecular weight excluding hydrogens is 182 g/mol. The van der Waals surface area contributed by atoms with E-state index in [1.54, 1.807) is 7.05 Å². The fourth-order valence-electron chi connectivity index (χ4n) is 0.954. The molecule has 0 saturated heterocycles. The van der Waals surface area contributed by atoms with Crippen LogP contribution >= 0.6 is 0 Å². The van der Waals surface area contributed by atoms with Gasteiger partial charge in [0.05, 0.1) is 6.54 Å². The lowest BCUT2D eigenvalue weighted by atomic mass is 10.3. The minimum absolute atomic E-state index is 0.00489. The third-order valence-corrected chi connectivity index (χ3v) is 1.80. The maximum absolute atomic E-state index is 10.8. The molecule has 0 heterocycles. The van der Waals surface area contributed by atoms with Crippen LogP contribution in [-0.2, 0) is 4.79 Å². The predicted molar refractivity (Wildman–Crippen MR) is 56.1 cm³/mol. The van der Waals surface area contributed by atoms with Gasteiger partial charge in [-0.1, -0.05) is 0 Å². The van der Waals surface area contributed by atoms with Crippen molar-refractivity contribution in [3.05, 3.63) is 0 Å². The minimum atomic E-state index is 0.00489. The van der Waals surface area contributed by atoms with Gasteiger partial charge in [0.25, 0.3) is 0 Å². The first-order valence-corrected chi connectivity index (χ1v) is 5.04. The van der Waals surface area contributed by atoms with Crippen molar-refractivity contribution < 1.29 is 9.90 Å². The van der Waals surface area contributed by atoms with Gasteiger partial charge in [-0.25, -0.2) is 0 Å². The highest BCUT2D eigenvalue weighted by Gasteiger charge is 1.94. The van der Waals surface area contributed by atoms with Crippen molar-refractivity contribution >= 4 is 5.91 Å². The molecule has 5 heteroatoms. The van der Waals surface area contributed by atoms with Gasteiger partial charge in [0.1, 0.15) is 0 Å². The largest absolute Gasteiger partial charge is 0.396 e. The van der Waals surface area contributed by atoms with Gasteiger partial charge in [0.2, 0.25) is 5.91 Å². The molecule has 0 atom stereocenters. The van der Waals surface area contributed by atoms with E-state index >= 15 is 0 Å². The second-order valence-electron chi connectivity index (χ2n) is 3.03. The van der Waals surface area contributed by atoms with E-state index in [0.717, 1.165) is 32.5 Å². The standard InChI is InChI=1S/C9H21N3O2/c1-10-9(14)8-12-6-5-11-4-2-3-7-13/h11-13H,2-8H2,1H3,(H,10,14). The van der Waals surface area contributed by atoms with Crippen LogP contribution in [0.2, 0.25) is 0 Å². The number of aliphatic hydroxyl groups is 1. The van der Waals surface area contributed by atoms with Crippen LogP contribution in [0.4, 0.5) is 0 Å². The summed E-state index contributed by atoms with van der Waals surface area (Å²) in [4.78, 5) is 10.8. The molecule has 0 unspecified atom stereocenters. The third-order valence-electron chi connectivity index (χ3n) is 1.80. The van der Waals surface area contributed by atoms with Gasteiger partial charge < -0.3 is 21.1 Å². The van der Waals surface area contributed by atoms with Crippen LogP contribution in [0, 0.1) is 0 Å². The summed E-state index contributed by atoms with van der Waals surface area (Å²) in [5.74, 6) is 0.00489. The molecule has 0 aliphatic heterocycles. The van der Waals surface area contributed by atoms with Gasteiger partial charge >= 0.3 is 0 Å². The molecule has 0 aromatic rings. The first kappa shape index (κ1) is 13.4. The van der Waals surface area contributed by atoms with Crippen LogP contribution in [0.3, 0.4) is 0 Å². The molecule has 5 nitrogen and oxygen atoms in total. The zero-order chi connectivity index (χ0) is 10.6. The molecule has 0 aromatic carbocycles. The predicted octanol–water partition coefficient (Wildman–Crippen LogP) is -1.32. The fourth-order valence-corrected chi connectivity index (χ4v) is 0.954. The van der Waals surface area contributed by atoms with Crippen molar-refractivity contribution in [2.45, 2.75) is 12.8 Å². The Labute approximate surface area is 85.3 Å². The van der Waals surface area contributed by atoms with E-state index in [1.807, 2.05) is 0 Å². The number of nitrogens with one attached hydrogen (secondary N) is 3. The molecule has 0 radical (unpaired) electrons. The van der Waals surface area contributed by atoms with E-state index in [9.17, 15) is 4.79 Å². The molecular formula is C9H21N3O2. The highest BCUT2D eigenvalue weighted by molar-refractivity contribution is 5.77. The highest BCUT2D eigenvalue weighted by Crippen LogP contribution is 1.82. The molecule has 0 aliphatic carbocycles. The van der Waals surface area contributed by atoms with Gasteiger partial charge in [0, 0.05) is 26.7 Å². The molecule has 1 amide bonds. The summed E-state index contributed by atoms with van der Waals surface area (Å²) in [6, 6.07) is 0. The Morgan fingerprint density at radius 3 is 2.50 bits per heavy atom. The smallest absolute Gasteiger partial charge is 0.233 e. The second kappa shape index (κ2) is 10.4. The third kappa shape index (κ3) is 9.44. The lowest BCUT2D eigenvalue weighted by Crippen LogP contribution is -2.35. The molecule has 0 aliphatic rings. The van der Waals surface area contributed by atoms with Crippen LogP contribution in [0.1, 0.15) is 12.8 Å². The van der Waals surface area contributed by atoms with E-state index in [4.69, 9.17) is 5.11 Å². The molecule has 0 fully saturated rings. The van der Waals surface area contributed by atoms with E-state index in [2.05, 4.69) is 16.0 Å². The number of likely N-dealkylation sites (N-methyl/N-ethyl adjacent to an activating group) is 1. The Morgan fingerprint density at radius 1 is 1.14 bits per heavy atom. The van der Waals surface area contributed by atoms with Crippen molar-refractivity contribution in [1.29, 1.82) is 0 Å². The number of hydrogen-bond donors (Lipinski definition) is 4. The Balaban J connectivity index is 2.95. The number of hydrogen-bond acceptors (Lipinski definition) is 4. The number of carbonyl (C=O) groups is 1. The summed E-state index contributed by atoms with van der Waals surface area (Å²) < 4.78 is 0. The molecule has 0 rings (SSSR count). The molecule has 0 saturated carbocycles. The van der Waals surface area contributed by atoms with Crippen LogP contribution in [0.25, 0.3) is 0 Å². The Morgan fingerprint density at radius 2 is 1.86 bits per heavy atom.